The van der Waals surface area contributed by atoms with E-state index >= 15 is 0 Å². The summed E-state index contributed by atoms with van der Waals surface area (Å²) in [5.74, 6) is 0.648. The molecule has 1 aliphatic rings. The molecule has 0 saturated carbocycles. The van der Waals surface area contributed by atoms with Gasteiger partial charge in [0.15, 0.2) is 0 Å². The zero-order valence-corrected chi connectivity index (χ0v) is 16.0. The second-order valence-electron chi connectivity index (χ2n) is 7.47. The molecule has 1 aromatic rings. The summed E-state index contributed by atoms with van der Waals surface area (Å²) < 4.78 is 0. The maximum atomic E-state index is 12.5. The Morgan fingerprint density at radius 1 is 1.42 bits per heavy atom. The van der Waals surface area contributed by atoms with Crippen molar-refractivity contribution in [2.45, 2.75) is 59.3 Å². The second-order valence-corrected chi connectivity index (χ2v) is 8.36. The molecule has 2 rings (SSSR count). The number of thiazole rings is 1. The number of hydrogen-bond donors (Lipinski definition) is 1. The van der Waals surface area contributed by atoms with Crippen molar-refractivity contribution in [3.8, 4) is 0 Å². The van der Waals surface area contributed by atoms with Crippen molar-refractivity contribution in [3.05, 3.63) is 16.1 Å². The van der Waals surface area contributed by atoms with E-state index in [1.165, 1.54) is 0 Å². The number of nitrogens with one attached hydrogen (secondary N) is 1. The fraction of sp³-hybridized carbons (Fsp3) is 0.722. The van der Waals surface area contributed by atoms with E-state index in [1.807, 2.05) is 32.6 Å². The zero-order valence-electron chi connectivity index (χ0n) is 15.2. The average Bonchev–Trinajstić information content (AvgIpc) is 3.02. The molecule has 0 radical (unpaired) electrons. The van der Waals surface area contributed by atoms with Crippen LogP contribution in [0.15, 0.2) is 5.38 Å². The molecule has 0 bridgehead atoms. The van der Waals surface area contributed by atoms with E-state index in [-0.39, 0.29) is 17.2 Å². The molecule has 0 spiro atoms. The molecular formula is C18H29N3O2S. The largest absolute Gasteiger partial charge is 0.356 e. The first-order valence-electron chi connectivity index (χ1n) is 8.81. The normalized spacial score (nSPS) is 18.5. The van der Waals surface area contributed by atoms with Gasteiger partial charge in [0.2, 0.25) is 11.8 Å². The number of piperidine rings is 1. The van der Waals surface area contributed by atoms with Gasteiger partial charge in [-0.3, -0.25) is 9.59 Å². The summed E-state index contributed by atoms with van der Waals surface area (Å²) >= 11 is 1.68. The number of hydrogen-bond acceptors (Lipinski definition) is 4. The minimum atomic E-state index is -0.326. The molecule has 0 aliphatic carbocycles. The van der Waals surface area contributed by atoms with Gasteiger partial charge in [0.25, 0.3) is 0 Å². The third kappa shape index (κ3) is 5.03. The Morgan fingerprint density at radius 2 is 2.17 bits per heavy atom. The molecule has 1 N–H and O–H groups in total. The lowest BCUT2D eigenvalue weighted by atomic mass is 9.91. The highest BCUT2D eigenvalue weighted by atomic mass is 32.1. The maximum absolute atomic E-state index is 12.5. The van der Waals surface area contributed by atoms with E-state index in [0.717, 1.165) is 43.1 Å². The first-order valence-corrected chi connectivity index (χ1v) is 9.69. The van der Waals surface area contributed by atoms with Crippen LogP contribution in [-0.2, 0) is 16.0 Å². The number of amides is 2. The van der Waals surface area contributed by atoms with Gasteiger partial charge < -0.3 is 10.2 Å². The summed E-state index contributed by atoms with van der Waals surface area (Å²) in [5, 5.41) is 6.09. The lowest BCUT2D eigenvalue weighted by Crippen LogP contribution is -2.44. The molecule has 2 heterocycles. The first kappa shape index (κ1) is 18.9. The van der Waals surface area contributed by atoms with E-state index in [4.69, 9.17) is 4.98 Å². The third-order valence-electron chi connectivity index (χ3n) is 4.29. The third-order valence-corrected chi connectivity index (χ3v) is 5.35. The minimum Gasteiger partial charge on any atom is -0.356 e. The van der Waals surface area contributed by atoms with Crippen molar-refractivity contribution >= 4 is 23.2 Å². The van der Waals surface area contributed by atoms with Crippen molar-refractivity contribution in [1.29, 1.82) is 0 Å². The van der Waals surface area contributed by atoms with E-state index in [0.29, 0.717) is 18.9 Å². The summed E-state index contributed by atoms with van der Waals surface area (Å²) in [6.07, 6.45) is 3.41. The van der Waals surface area contributed by atoms with E-state index in [9.17, 15) is 9.59 Å². The highest BCUT2D eigenvalue weighted by Crippen LogP contribution is 2.31. The van der Waals surface area contributed by atoms with Gasteiger partial charge in [0, 0.05) is 49.2 Å². The standard InChI is InChI=1S/C18H29N3O2S/c1-5-15(22)19-9-8-14-12-24-16(20-14)13-7-6-10-21(11-13)17(23)18(2,3)4/h12-13H,5-11H2,1-4H3,(H,19,22). The Kier molecular flexibility index (Phi) is 6.38. The van der Waals surface area contributed by atoms with Gasteiger partial charge in [-0.15, -0.1) is 11.3 Å². The number of aromatic nitrogens is 1. The van der Waals surface area contributed by atoms with Gasteiger partial charge in [-0.25, -0.2) is 4.98 Å². The molecule has 1 fully saturated rings. The first-order chi connectivity index (χ1) is 11.3. The summed E-state index contributed by atoms with van der Waals surface area (Å²) in [5.41, 5.74) is 0.707. The Hall–Kier alpha value is -1.43. The van der Waals surface area contributed by atoms with E-state index in [2.05, 4.69) is 10.7 Å². The summed E-state index contributed by atoms with van der Waals surface area (Å²) in [7, 11) is 0. The van der Waals surface area contributed by atoms with Gasteiger partial charge in [0.05, 0.1) is 10.7 Å². The monoisotopic (exact) mass is 351 g/mol. The molecule has 2 amide bonds. The lowest BCUT2D eigenvalue weighted by molar-refractivity contribution is -0.140. The van der Waals surface area contributed by atoms with Gasteiger partial charge in [-0.05, 0) is 12.8 Å². The van der Waals surface area contributed by atoms with Crippen molar-refractivity contribution in [2.75, 3.05) is 19.6 Å². The predicted molar refractivity (Wildman–Crippen MR) is 97.1 cm³/mol. The molecule has 1 saturated heterocycles. The molecule has 5 nitrogen and oxygen atoms in total. The molecular weight excluding hydrogens is 322 g/mol. The molecule has 1 aromatic heterocycles. The smallest absolute Gasteiger partial charge is 0.227 e. The molecule has 1 atom stereocenters. The number of rotatable bonds is 5. The molecule has 24 heavy (non-hydrogen) atoms. The topological polar surface area (TPSA) is 62.3 Å². The van der Waals surface area contributed by atoms with Crippen LogP contribution in [-0.4, -0.2) is 41.3 Å². The van der Waals surface area contributed by atoms with Crippen molar-refractivity contribution in [3.63, 3.8) is 0 Å². The number of likely N-dealkylation sites (tertiary alicyclic amines) is 1. The van der Waals surface area contributed by atoms with Crippen LogP contribution in [0.25, 0.3) is 0 Å². The number of nitrogens with zero attached hydrogens (tertiary/aromatic N) is 2. The maximum Gasteiger partial charge on any atom is 0.227 e. The Morgan fingerprint density at radius 3 is 2.83 bits per heavy atom. The Bertz CT molecular complexity index is 577. The molecule has 1 unspecified atom stereocenters. The number of carbonyl (C=O) groups is 2. The fourth-order valence-electron chi connectivity index (χ4n) is 2.92. The van der Waals surface area contributed by atoms with Crippen LogP contribution < -0.4 is 5.32 Å². The summed E-state index contributed by atoms with van der Waals surface area (Å²) in [4.78, 5) is 30.5. The van der Waals surface area contributed by atoms with Crippen LogP contribution in [0.2, 0.25) is 0 Å². The zero-order chi connectivity index (χ0) is 17.7. The molecule has 0 aromatic carbocycles. The SMILES string of the molecule is CCC(=O)NCCc1csc(C2CCCN(C(=O)C(C)(C)C)C2)n1. The van der Waals surface area contributed by atoms with Crippen LogP contribution in [0.3, 0.4) is 0 Å². The minimum absolute atomic E-state index is 0.0778. The van der Waals surface area contributed by atoms with E-state index in [1.54, 1.807) is 11.3 Å². The van der Waals surface area contributed by atoms with Gasteiger partial charge in [0.1, 0.15) is 0 Å². The Balaban J connectivity index is 1.92. The highest BCUT2D eigenvalue weighted by molar-refractivity contribution is 7.09. The molecule has 1 aliphatic heterocycles. The van der Waals surface area contributed by atoms with Crippen LogP contribution in [0.1, 0.15) is 63.6 Å². The van der Waals surface area contributed by atoms with Crippen molar-refractivity contribution in [2.24, 2.45) is 5.41 Å². The quantitative estimate of drug-likeness (QED) is 0.887. The summed E-state index contributed by atoms with van der Waals surface area (Å²) in [6.45, 7) is 10.0. The highest BCUT2D eigenvalue weighted by Gasteiger charge is 2.32. The van der Waals surface area contributed by atoms with E-state index < -0.39 is 0 Å². The van der Waals surface area contributed by atoms with Crippen molar-refractivity contribution in [1.82, 2.24) is 15.2 Å². The van der Waals surface area contributed by atoms with Crippen LogP contribution in [0, 0.1) is 5.41 Å². The van der Waals surface area contributed by atoms with Gasteiger partial charge in [-0.2, -0.15) is 0 Å². The Labute approximate surface area is 148 Å². The van der Waals surface area contributed by atoms with Crippen LogP contribution in [0.5, 0.6) is 0 Å². The van der Waals surface area contributed by atoms with Gasteiger partial charge in [-0.1, -0.05) is 27.7 Å². The fourth-order valence-corrected chi connectivity index (χ4v) is 3.90. The summed E-state index contributed by atoms with van der Waals surface area (Å²) in [6, 6.07) is 0. The van der Waals surface area contributed by atoms with Crippen LogP contribution in [0.4, 0.5) is 0 Å². The predicted octanol–water partition coefficient (Wildman–Crippen LogP) is 2.96. The molecule has 134 valence electrons. The van der Waals surface area contributed by atoms with Crippen LogP contribution >= 0.6 is 11.3 Å². The van der Waals surface area contributed by atoms with Gasteiger partial charge >= 0.3 is 0 Å². The van der Waals surface area contributed by atoms with Crippen molar-refractivity contribution < 1.29 is 9.59 Å². The second kappa shape index (κ2) is 8.10. The number of carbonyl (C=O) groups excluding carboxylic acids is 2. The lowest BCUT2D eigenvalue weighted by Gasteiger charge is -2.35. The average molecular weight is 352 g/mol. The molecule has 6 heteroatoms.